The van der Waals surface area contributed by atoms with Crippen LogP contribution in [0.4, 0.5) is 0 Å². The molecule has 0 fully saturated rings. The minimum Gasteiger partial charge on any atom is -0.302 e. The Morgan fingerprint density at radius 3 is 2.56 bits per heavy atom. The first-order valence-corrected chi connectivity index (χ1v) is 6.92. The highest BCUT2D eigenvalue weighted by Crippen LogP contribution is 2.23. The summed E-state index contributed by atoms with van der Waals surface area (Å²) in [6.45, 7) is 4.12. The Balaban J connectivity index is 2.49. The van der Waals surface area contributed by atoms with E-state index in [0.29, 0.717) is 14.9 Å². The van der Waals surface area contributed by atoms with Crippen LogP contribution in [0.3, 0.4) is 0 Å². The Bertz CT molecular complexity index is 342. The van der Waals surface area contributed by atoms with E-state index in [1.165, 1.54) is 5.56 Å². The molecule has 90 valence electrons. The molecular formula is C12H16BrCl2N. The zero-order valence-corrected chi connectivity index (χ0v) is 12.6. The third-order valence-electron chi connectivity index (χ3n) is 2.35. The highest BCUT2D eigenvalue weighted by molar-refractivity contribution is 9.09. The summed E-state index contributed by atoms with van der Waals surface area (Å²) in [5.74, 6) is 0. The van der Waals surface area contributed by atoms with Crippen LogP contribution >= 0.6 is 39.1 Å². The van der Waals surface area contributed by atoms with Crippen LogP contribution in [0.1, 0.15) is 18.9 Å². The van der Waals surface area contributed by atoms with Crippen molar-refractivity contribution in [3.8, 4) is 0 Å². The van der Waals surface area contributed by atoms with E-state index in [-0.39, 0.29) is 0 Å². The summed E-state index contributed by atoms with van der Waals surface area (Å²) in [5.41, 5.74) is 1.19. The predicted octanol–water partition coefficient (Wildman–Crippen LogP) is 4.60. The number of rotatable bonds is 5. The fraction of sp³-hybridized carbons (Fsp3) is 0.500. The van der Waals surface area contributed by atoms with Crippen LogP contribution in [-0.2, 0) is 6.54 Å². The molecule has 0 amide bonds. The van der Waals surface area contributed by atoms with E-state index in [9.17, 15) is 0 Å². The van der Waals surface area contributed by atoms with Crippen molar-refractivity contribution in [3.05, 3.63) is 33.8 Å². The number of nitrogens with zero attached hydrogens (tertiary/aromatic N) is 1. The van der Waals surface area contributed by atoms with Gasteiger partial charge in [-0.1, -0.05) is 52.1 Å². The minimum absolute atomic E-state index is 0.559. The number of alkyl halides is 1. The van der Waals surface area contributed by atoms with Gasteiger partial charge in [-0.05, 0) is 37.7 Å². The molecule has 1 rings (SSSR count). The largest absolute Gasteiger partial charge is 0.302 e. The Labute approximate surface area is 116 Å². The van der Waals surface area contributed by atoms with E-state index >= 15 is 0 Å². The van der Waals surface area contributed by atoms with Crippen molar-refractivity contribution in [1.29, 1.82) is 0 Å². The molecule has 0 aliphatic carbocycles. The maximum absolute atomic E-state index is 5.97. The van der Waals surface area contributed by atoms with Gasteiger partial charge in [-0.3, -0.25) is 0 Å². The number of hydrogen-bond acceptors (Lipinski definition) is 1. The number of halogens is 3. The van der Waals surface area contributed by atoms with Crippen molar-refractivity contribution >= 4 is 39.1 Å². The average molecular weight is 325 g/mol. The maximum atomic E-state index is 5.97. The van der Waals surface area contributed by atoms with E-state index in [2.05, 4.69) is 34.8 Å². The number of hydrogen-bond donors (Lipinski definition) is 0. The van der Waals surface area contributed by atoms with Crippen LogP contribution in [0.15, 0.2) is 18.2 Å². The molecule has 4 heteroatoms. The lowest BCUT2D eigenvalue weighted by atomic mass is 10.2. The maximum Gasteiger partial charge on any atom is 0.0595 e. The summed E-state index contributed by atoms with van der Waals surface area (Å²) < 4.78 is 0. The molecule has 0 bridgehead atoms. The normalized spacial score (nSPS) is 13.1. The summed E-state index contributed by atoms with van der Waals surface area (Å²) in [7, 11) is 2.11. The van der Waals surface area contributed by atoms with Gasteiger partial charge in [0.05, 0.1) is 10.0 Å². The van der Waals surface area contributed by atoms with Crippen LogP contribution in [0.5, 0.6) is 0 Å². The lowest BCUT2D eigenvalue weighted by Gasteiger charge is -2.17. The van der Waals surface area contributed by atoms with Gasteiger partial charge in [0.25, 0.3) is 0 Å². The van der Waals surface area contributed by atoms with Gasteiger partial charge < -0.3 is 4.90 Å². The predicted molar refractivity (Wildman–Crippen MR) is 75.8 cm³/mol. The second-order valence-corrected chi connectivity index (χ2v) is 6.43. The summed E-state index contributed by atoms with van der Waals surface area (Å²) in [4.78, 5) is 2.83. The second kappa shape index (κ2) is 6.85. The van der Waals surface area contributed by atoms with Gasteiger partial charge in [0.2, 0.25) is 0 Å². The summed E-state index contributed by atoms with van der Waals surface area (Å²) in [6, 6.07) is 5.79. The lowest BCUT2D eigenvalue weighted by Crippen LogP contribution is -2.20. The Kier molecular flexibility index (Phi) is 6.12. The molecule has 1 aromatic rings. The van der Waals surface area contributed by atoms with Crippen molar-refractivity contribution < 1.29 is 0 Å². The average Bonchev–Trinajstić information content (AvgIpc) is 2.21. The zero-order chi connectivity index (χ0) is 12.1. The Morgan fingerprint density at radius 2 is 2.00 bits per heavy atom. The van der Waals surface area contributed by atoms with Gasteiger partial charge in [0.1, 0.15) is 0 Å². The molecule has 1 atom stereocenters. The number of benzene rings is 1. The standard InChI is InChI=1S/C12H16BrCl2N/c1-9(13)5-6-16(2)8-10-3-4-11(14)12(15)7-10/h3-4,7,9H,5-6,8H2,1-2H3. The third kappa shape index (κ3) is 5.05. The first-order chi connectivity index (χ1) is 7.49. The molecule has 0 saturated heterocycles. The highest BCUT2D eigenvalue weighted by atomic mass is 79.9. The Morgan fingerprint density at radius 1 is 1.31 bits per heavy atom. The monoisotopic (exact) mass is 323 g/mol. The van der Waals surface area contributed by atoms with Gasteiger partial charge >= 0.3 is 0 Å². The SMILES string of the molecule is CC(Br)CCN(C)Cc1ccc(Cl)c(Cl)c1. The molecule has 0 aliphatic heterocycles. The molecule has 1 unspecified atom stereocenters. The first kappa shape index (κ1) is 14.3. The van der Waals surface area contributed by atoms with Gasteiger partial charge in [0, 0.05) is 11.4 Å². The Hall–Kier alpha value is 0.240. The van der Waals surface area contributed by atoms with Gasteiger partial charge in [0.15, 0.2) is 0 Å². The smallest absolute Gasteiger partial charge is 0.0595 e. The molecule has 0 radical (unpaired) electrons. The van der Waals surface area contributed by atoms with E-state index in [1.54, 1.807) is 0 Å². The first-order valence-electron chi connectivity index (χ1n) is 5.25. The van der Waals surface area contributed by atoms with Crippen molar-refractivity contribution in [2.75, 3.05) is 13.6 Å². The molecule has 1 aromatic carbocycles. The quantitative estimate of drug-likeness (QED) is 0.715. The van der Waals surface area contributed by atoms with Crippen molar-refractivity contribution in [2.45, 2.75) is 24.7 Å². The third-order valence-corrected chi connectivity index (χ3v) is 3.54. The van der Waals surface area contributed by atoms with E-state index < -0.39 is 0 Å². The highest BCUT2D eigenvalue weighted by Gasteiger charge is 2.04. The van der Waals surface area contributed by atoms with Crippen molar-refractivity contribution in [1.82, 2.24) is 4.90 Å². The molecule has 0 heterocycles. The summed E-state index contributed by atoms with van der Waals surface area (Å²) in [5, 5.41) is 1.24. The molecule has 0 N–H and O–H groups in total. The molecule has 0 aromatic heterocycles. The van der Waals surface area contributed by atoms with E-state index in [1.807, 2.05) is 18.2 Å². The molecule has 1 nitrogen and oxygen atoms in total. The molecular weight excluding hydrogens is 309 g/mol. The van der Waals surface area contributed by atoms with E-state index in [4.69, 9.17) is 23.2 Å². The van der Waals surface area contributed by atoms with Crippen LogP contribution in [-0.4, -0.2) is 23.3 Å². The van der Waals surface area contributed by atoms with Crippen LogP contribution in [0.25, 0.3) is 0 Å². The van der Waals surface area contributed by atoms with E-state index in [0.717, 1.165) is 19.5 Å². The van der Waals surface area contributed by atoms with Crippen molar-refractivity contribution in [2.24, 2.45) is 0 Å². The van der Waals surface area contributed by atoms with Gasteiger partial charge in [-0.25, -0.2) is 0 Å². The van der Waals surface area contributed by atoms with Crippen molar-refractivity contribution in [3.63, 3.8) is 0 Å². The van der Waals surface area contributed by atoms with Gasteiger partial charge in [-0.15, -0.1) is 0 Å². The summed E-state index contributed by atoms with van der Waals surface area (Å²) >= 11 is 15.4. The fourth-order valence-electron chi connectivity index (χ4n) is 1.43. The minimum atomic E-state index is 0.559. The lowest BCUT2D eigenvalue weighted by molar-refractivity contribution is 0.323. The fourth-order valence-corrected chi connectivity index (χ4v) is 1.95. The van der Waals surface area contributed by atoms with Gasteiger partial charge in [-0.2, -0.15) is 0 Å². The molecule has 16 heavy (non-hydrogen) atoms. The van der Waals surface area contributed by atoms with Crippen LogP contribution in [0, 0.1) is 0 Å². The molecule has 0 spiro atoms. The second-order valence-electron chi connectivity index (χ2n) is 4.06. The zero-order valence-electron chi connectivity index (χ0n) is 9.51. The van der Waals surface area contributed by atoms with Crippen LogP contribution < -0.4 is 0 Å². The molecule has 0 saturated carbocycles. The molecule has 0 aliphatic rings. The topological polar surface area (TPSA) is 3.24 Å². The van der Waals surface area contributed by atoms with Crippen LogP contribution in [0.2, 0.25) is 10.0 Å². The summed E-state index contributed by atoms with van der Waals surface area (Å²) in [6.07, 6.45) is 1.14.